The second kappa shape index (κ2) is 7.40. The van der Waals surface area contributed by atoms with Gasteiger partial charge in [-0.2, -0.15) is 0 Å². The third-order valence-corrected chi connectivity index (χ3v) is 2.53. The normalized spacial score (nSPS) is 11.6. The van der Waals surface area contributed by atoms with E-state index in [1.807, 2.05) is 20.0 Å². The molecule has 0 aliphatic carbocycles. The van der Waals surface area contributed by atoms with Crippen LogP contribution in [-0.4, -0.2) is 35.3 Å². The van der Waals surface area contributed by atoms with Crippen LogP contribution in [0.2, 0.25) is 0 Å². The van der Waals surface area contributed by atoms with Crippen LogP contribution in [0.15, 0.2) is 6.20 Å². The van der Waals surface area contributed by atoms with Crippen molar-refractivity contribution < 1.29 is 9.47 Å². The summed E-state index contributed by atoms with van der Waals surface area (Å²) in [7, 11) is 0. The fourth-order valence-corrected chi connectivity index (χ4v) is 1.41. The molecule has 19 heavy (non-hydrogen) atoms. The van der Waals surface area contributed by atoms with Crippen molar-refractivity contribution in [3.05, 3.63) is 17.5 Å². The van der Waals surface area contributed by atoms with E-state index in [-0.39, 0.29) is 5.54 Å². The average molecular weight is 267 g/mol. The topological polar surface area (TPSA) is 56.3 Å². The van der Waals surface area contributed by atoms with E-state index >= 15 is 0 Å². The van der Waals surface area contributed by atoms with Gasteiger partial charge in [0.25, 0.3) is 0 Å². The maximum absolute atomic E-state index is 5.42. The standard InChI is InChI=1S/C14H25N3O2/c1-6-18-7-8-19-13-15-9-12(11(2)17-13)10-16-14(3,4)5/h9,16H,6-8,10H2,1-5H3. The number of nitrogens with zero attached hydrogens (tertiary/aromatic N) is 2. The molecular formula is C14H25N3O2. The molecule has 0 amide bonds. The van der Waals surface area contributed by atoms with E-state index in [1.54, 1.807) is 0 Å². The van der Waals surface area contributed by atoms with Gasteiger partial charge in [0.05, 0.1) is 6.61 Å². The van der Waals surface area contributed by atoms with E-state index in [0.29, 0.717) is 25.8 Å². The molecule has 0 bridgehead atoms. The Morgan fingerprint density at radius 1 is 1.26 bits per heavy atom. The fourth-order valence-electron chi connectivity index (χ4n) is 1.41. The van der Waals surface area contributed by atoms with Crippen LogP contribution in [0.5, 0.6) is 6.01 Å². The van der Waals surface area contributed by atoms with Gasteiger partial charge in [0.15, 0.2) is 0 Å². The van der Waals surface area contributed by atoms with Crippen LogP contribution in [0.3, 0.4) is 0 Å². The second-order valence-electron chi connectivity index (χ2n) is 5.41. The molecule has 1 rings (SSSR count). The number of nitrogens with one attached hydrogen (secondary N) is 1. The van der Waals surface area contributed by atoms with Crippen molar-refractivity contribution in [3.8, 4) is 6.01 Å². The largest absolute Gasteiger partial charge is 0.461 e. The van der Waals surface area contributed by atoms with E-state index < -0.39 is 0 Å². The molecule has 5 heteroatoms. The Balaban J connectivity index is 2.49. The minimum Gasteiger partial charge on any atom is -0.461 e. The van der Waals surface area contributed by atoms with Gasteiger partial charge in [-0.05, 0) is 34.6 Å². The quantitative estimate of drug-likeness (QED) is 0.767. The zero-order valence-electron chi connectivity index (χ0n) is 12.6. The average Bonchev–Trinajstić information content (AvgIpc) is 2.32. The highest BCUT2D eigenvalue weighted by Gasteiger charge is 2.10. The Morgan fingerprint density at radius 3 is 2.58 bits per heavy atom. The van der Waals surface area contributed by atoms with Crippen molar-refractivity contribution in [1.82, 2.24) is 15.3 Å². The summed E-state index contributed by atoms with van der Waals surface area (Å²) < 4.78 is 10.6. The number of hydrogen-bond acceptors (Lipinski definition) is 5. The number of rotatable bonds is 7. The molecule has 108 valence electrons. The lowest BCUT2D eigenvalue weighted by atomic mass is 10.1. The summed E-state index contributed by atoms with van der Waals surface area (Å²) in [5, 5.41) is 3.42. The van der Waals surface area contributed by atoms with Crippen LogP contribution < -0.4 is 10.1 Å². The SMILES string of the molecule is CCOCCOc1ncc(CNC(C)(C)C)c(C)n1. The van der Waals surface area contributed by atoms with Gasteiger partial charge >= 0.3 is 6.01 Å². The third-order valence-electron chi connectivity index (χ3n) is 2.53. The minimum atomic E-state index is 0.0824. The van der Waals surface area contributed by atoms with E-state index in [9.17, 15) is 0 Å². The predicted octanol–water partition coefficient (Wildman–Crippen LogP) is 2.09. The minimum absolute atomic E-state index is 0.0824. The molecule has 0 aliphatic rings. The van der Waals surface area contributed by atoms with E-state index in [0.717, 1.165) is 17.8 Å². The summed E-state index contributed by atoms with van der Waals surface area (Å²) in [6.45, 7) is 12.8. The van der Waals surface area contributed by atoms with Crippen LogP contribution in [0.25, 0.3) is 0 Å². The first kappa shape index (κ1) is 15.9. The Hall–Kier alpha value is -1.20. The number of aromatic nitrogens is 2. The van der Waals surface area contributed by atoms with Crippen molar-refractivity contribution in [2.24, 2.45) is 0 Å². The second-order valence-corrected chi connectivity index (χ2v) is 5.41. The smallest absolute Gasteiger partial charge is 0.316 e. The van der Waals surface area contributed by atoms with Crippen molar-refractivity contribution >= 4 is 0 Å². The Labute approximate surface area is 115 Å². The summed E-state index contributed by atoms with van der Waals surface area (Å²) in [5.74, 6) is 0. The van der Waals surface area contributed by atoms with Crippen molar-refractivity contribution in [2.45, 2.75) is 46.7 Å². The third kappa shape index (κ3) is 6.50. The lowest BCUT2D eigenvalue weighted by Crippen LogP contribution is -2.35. The van der Waals surface area contributed by atoms with Crippen LogP contribution >= 0.6 is 0 Å². The molecule has 0 saturated carbocycles. The molecule has 0 fully saturated rings. The van der Waals surface area contributed by atoms with Gasteiger partial charge in [0, 0.05) is 36.1 Å². The molecule has 5 nitrogen and oxygen atoms in total. The van der Waals surface area contributed by atoms with Gasteiger partial charge < -0.3 is 14.8 Å². The molecule has 0 aliphatic heterocycles. The summed E-state index contributed by atoms with van der Waals surface area (Å²) in [6, 6.07) is 0.414. The molecule has 1 aromatic heterocycles. The number of hydrogen-bond donors (Lipinski definition) is 1. The molecule has 0 spiro atoms. The first-order valence-electron chi connectivity index (χ1n) is 6.70. The zero-order chi connectivity index (χ0) is 14.3. The van der Waals surface area contributed by atoms with Crippen molar-refractivity contribution in [2.75, 3.05) is 19.8 Å². The van der Waals surface area contributed by atoms with Crippen LogP contribution in [0.1, 0.15) is 39.0 Å². The molecule has 1 aromatic rings. The van der Waals surface area contributed by atoms with Crippen LogP contribution in [-0.2, 0) is 11.3 Å². The summed E-state index contributed by atoms with van der Waals surface area (Å²) >= 11 is 0. The number of aryl methyl sites for hydroxylation is 1. The van der Waals surface area contributed by atoms with Crippen LogP contribution in [0.4, 0.5) is 0 Å². The molecule has 0 aromatic carbocycles. The van der Waals surface area contributed by atoms with Crippen molar-refractivity contribution in [1.29, 1.82) is 0 Å². The molecule has 1 N–H and O–H groups in total. The Morgan fingerprint density at radius 2 is 2.00 bits per heavy atom. The molecule has 0 unspecified atom stereocenters. The molecule has 1 heterocycles. The van der Waals surface area contributed by atoms with Crippen molar-refractivity contribution in [3.63, 3.8) is 0 Å². The summed E-state index contributed by atoms with van der Waals surface area (Å²) in [5.41, 5.74) is 2.12. The maximum atomic E-state index is 5.42. The van der Waals surface area contributed by atoms with Gasteiger partial charge in [-0.3, -0.25) is 0 Å². The van der Waals surface area contributed by atoms with Gasteiger partial charge in [0.2, 0.25) is 0 Å². The highest BCUT2D eigenvalue weighted by Crippen LogP contribution is 2.10. The van der Waals surface area contributed by atoms with Gasteiger partial charge in [-0.25, -0.2) is 9.97 Å². The highest BCUT2D eigenvalue weighted by molar-refractivity contribution is 5.17. The Bertz CT molecular complexity index is 389. The summed E-state index contributed by atoms with van der Waals surface area (Å²) in [6.07, 6.45) is 1.82. The lowest BCUT2D eigenvalue weighted by Gasteiger charge is -2.20. The van der Waals surface area contributed by atoms with E-state index in [2.05, 4.69) is 36.1 Å². The summed E-state index contributed by atoms with van der Waals surface area (Å²) in [4.78, 5) is 8.55. The Kier molecular flexibility index (Phi) is 6.18. The van der Waals surface area contributed by atoms with E-state index in [4.69, 9.17) is 9.47 Å². The van der Waals surface area contributed by atoms with Crippen LogP contribution in [0, 0.1) is 6.92 Å². The van der Waals surface area contributed by atoms with Gasteiger partial charge in [-0.1, -0.05) is 0 Å². The number of ether oxygens (including phenoxy) is 2. The first-order chi connectivity index (χ1) is 8.92. The predicted molar refractivity (Wildman–Crippen MR) is 75.3 cm³/mol. The van der Waals surface area contributed by atoms with E-state index in [1.165, 1.54) is 0 Å². The van der Waals surface area contributed by atoms with Gasteiger partial charge in [0.1, 0.15) is 6.61 Å². The molecule has 0 saturated heterocycles. The molecule has 0 radical (unpaired) electrons. The fraction of sp³-hybridized carbons (Fsp3) is 0.714. The molecular weight excluding hydrogens is 242 g/mol. The zero-order valence-corrected chi connectivity index (χ0v) is 12.6. The maximum Gasteiger partial charge on any atom is 0.316 e. The lowest BCUT2D eigenvalue weighted by molar-refractivity contribution is 0.106. The first-order valence-corrected chi connectivity index (χ1v) is 6.70. The monoisotopic (exact) mass is 267 g/mol. The molecule has 0 atom stereocenters. The highest BCUT2D eigenvalue weighted by atomic mass is 16.5. The van der Waals surface area contributed by atoms with Gasteiger partial charge in [-0.15, -0.1) is 0 Å².